The van der Waals surface area contributed by atoms with Gasteiger partial charge in [0.05, 0.1) is 11.8 Å². The molecule has 1 aliphatic heterocycles. The molecule has 1 atom stereocenters. The lowest BCUT2D eigenvalue weighted by molar-refractivity contribution is -0.146. The van der Waals surface area contributed by atoms with Crippen LogP contribution in [0.15, 0.2) is 24.3 Å². The molecule has 152 valence electrons. The molecule has 7 heteroatoms. The molecule has 1 fully saturated rings. The van der Waals surface area contributed by atoms with Gasteiger partial charge in [-0.1, -0.05) is 55.2 Å². The fourth-order valence-corrected chi connectivity index (χ4v) is 4.78. The van der Waals surface area contributed by atoms with E-state index >= 15 is 0 Å². The number of nitrogens with zero attached hydrogens (tertiary/aromatic N) is 1. The predicted molar refractivity (Wildman–Crippen MR) is 116 cm³/mol. The van der Waals surface area contributed by atoms with E-state index in [4.69, 9.17) is 17.0 Å². The minimum absolute atomic E-state index is 0.000372. The molecule has 1 amide bonds. The van der Waals surface area contributed by atoms with Crippen molar-refractivity contribution in [3.05, 3.63) is 35.4 Å². The van der Waals surface area contributed by atoms with E-state index in [-0.39, 0.29) is 24.3 Å². The molecule has 28 heavy (non-hydrogen) atoms. The third kappa shape index (κ3) is 5.95. The van der Waals surface area contributed by atoms with Crippen LogP contribution in [0.5, 0.6) is 0 Å². The Morgan fingerprint density at radius 3 is 2.79 bits per heavy atom. The number of carbonyl (C=O) groups excluding carboxylic acids is 2. The van der Waals surface area contributed by atoms with Gasteiger partial charge in [0.1, 0.15) is 4.32 Å². The maximum Gasteiger partial charge on any atom is 0.316 e. The van der Waals surface area contributed by atoms with Crippen LogP contribution in [0, 0.1) is 5.92 Å². The summed E-state index contributed by atoms with van der Waals surface area (Å²) in [5.41, 5.74) is 2.46. The lowest BCUT2D eigenvalue weighted by Crippen LogP contribution is -2.36. The summed E-state index contributed by atoms with van der Waals surface area (Å²) in [6.07, 6.45) is 5.27. The van der Waals surface area contributed by atoms with Crippen LogP contribution in [0.2, 0.25) is 0 Å². The molecule has 0 radical (unpaired) electrons. The Labute approximate surface area is 176 Å². The number of hydrogen-bond donors (Lipinski definition) is 1. The molecule has 1 heterocycles. The predicted octanol–water partition coefficient (Wildman–Crippen LogP) is 3.47. The molecule has 2 aliphatic rings. The third-order valence-corrected chi connectivity index (χ3v) is 6.92. The molecule has 5 nitrogen and oxygen atoms in total. The maximum atomic E-state index is 12.2. The zero-order chi connectivity index (χ0) is 19.9. The largest absolute Gasteiger partial charge is 0.455 e. The van der Waals surface area contributed by atoms with E-state index in [1.807, 2.05) is 12.1 Å². The van der Waals surface area contributed by atoms with Crippen LogP contribution in [-0.2, 0) is 20.7 Å². The number of nitrogens with one attached hydrogen (secondary N) is 1. The topological polar surface area (TPSA) is 58.6 Å². The quantitative estimate of drug-likeness (QED) is 0.581. The lowest BCUT2D eigenvalue weighted by atomic mass is 9.88. The van der Waals surface area contributed by atoms with E-state index in [1.165, 1.54) is 22.9 Å². The second kappa shape index (κ2) is 10.3. The number of thiocarbonyl (C=S) groups is 1. The number of amides is 1. The molecule has 0 bridgehead atoms. The highest BCUT2D eigenvalue weighted by Crippen LogP contribution is 2.29. The Balaban J connectivity index is 1.37. The first-order valence-electron chi connectivity index (χ1n) is 9.97. The zero-order valence-electron chi connectivity index (χ0n) is 16.3. The number of likely N-dealkylation sites (tertiary alicyclic amines) is 1. The van der Waals surface area contributed by atoms with Crippen molar-refractivity contribution in [3.63, 3.8) is 0 Å². The summed E-state index contributed by atoms with van der Waals surface area (Å²) >= 11 is 6.74. The van der Waals surface area contributed by atoms with Crippen LogP contribution in [0.1, 0.15) is 49.8 Å². The number of benzene rings is 1. The van der Waals surface area contributed by atoms with E-state index in [0.29, 0.717) is 0 Å². The minimum Gasteiger partial charge on any atom is -0.455 e. The van der Waals surface area contributed by atoms with Crippen LogP contribution in [0.25, 0.3) is 0 Å². The molecule has 0 aromatic heterocycles. The second-order valence-electron chi connectivity index (χ2n) is 7.60. The van der Waals surface area contributed by atoms with Crippen molar-refractivity contribution in [2.75, 3.05) is 25.4 Å². The van der Waals surface area contributed by atoms with Crippen LogP contribution < -0.4 is 5.32 Å². The first-order chi connectivity index (χ1) is 13.5. The Kier molecular flexibility index (Phi) is 7.73. The van der Waals surface area contributed by atoms with E-state index < -0.39 is 5.97 Å². The summed E-state index contributed by atoms with van der Waals surface area (Å²) in [4.78, 5) is 26.3. The SMILES string of the molecule is CC1CCN(C(=S)SCC(=O)OCC(=O)N[C@H]2CCCc3ccccc32)CC1. The van der Waals surface area contributed by atoms with Gasteiger partial charge in [-0.25, -0.2) is 0 Å². The van der Waals surface area contributed by atoms with Gasteiger partial charge in [-0.3, -0.25) is 9.59 Å². The van der Waals surface area contributed by atoms with Crippen molar-refractivity contribution >= 4 is 40.2 Å². The highest BCUT2D eigenvalue weighted by molar-refractivity contribution is 8.23. The summed E-state index contributed by atoms with van der Waals surface area (Å²) in [5.74, 6) is 0.220. The molecule has 0 unspecified atom stereocenters. The number of ether oxygens (including phenoxy) is 1. The number of esters is 1. The molecular weight excluding hydrogens is 392 g/mol. The van der Waals surface area contributed by atoms with Crippen LogP contribution in [-0.4, -0.2) is 46.5 Å². The molecule has 1 N–H and O–H groups in total. The maximum absolute atomic E-state index is 12.2. The molecular formula is C21H28N2O3S2. The average molecular weight is 421 g/mol. The van der Waals surface area contributed by atoms with E-state index in [0.717, 1.165) is 55.4 Å². The van der Waals surface area contributed by atoms with E-state index in [9.17, 15) is 9.59 Å². The van der Waals surface area contributed by atoms with Crippen LogP contribution in [0.3, 0.4) is 0 Å². The highest BCUT2D eigenvalue weighted by atomic mass is 32.2. The third-order valence-electron chi connectivity index (χ3n) is 5.42. The number of thioether (sulfide) groups is 1. The number of hydrogen-bond acceptors (Lipinski definition) is 5. The normalized spacial score (nSPS) is 19.6. The summed E-state index contributed by atoms with van der Waals surface area (Å²) < 4.78 is 5.88. The molecule has 0 spiro atoms. The van der Waals surface area contributed by atoms with Crippen molar-refractivity contribution < 1.29 is 14.3 Å². The zero-order valence-corrected chi connectivity index (χ0v) is 17.9. The molecule has 0 saturated carbocycles. The van der Waals surface area contributed by atoms with Gasteiger partial charge in [0, 0.05) is 13.1 Å². The van der Waals surface area contributed by atoms with Gasteiger partial charge in [0.2, 0.25) is 0 Å². The van der Waals surface area contributed by atoms with E-state index in [2.05, 4.69) is 29.3 Å². The average Bonchev–Trinajstić information content (AvgIpc) is 2.71. The van der Waals surface area contributed by atoms with Crippen molar-refractivity contribution in [2.45, 2.75) is 45.1 Å². The Hall–Kier alpha value is -1.60. The van der Waals surface area contributed by atoms with Crippen molar-refractivity contribution in [1.82, 2.24) is 10.2 Å². The molecule has 1 aromatic rings. The number of rotatable bonds is 5. The number of aryl methyl sites for hydroxylation is 1. The lowest BCUT2D eigenvalue weighted by Gasteiger charge is -2.31. The van der Waals surface area contributed by atoms with E-state index in [1.54, 1.807) is 0 Å². The van der Waals surface area contributed by atoms with Gasteiger partial charge in [0.25, 0.3) is 5.91 Å². The fourth-order valence-electron chi connectivity index (χ4n) is 3.73. The molecule has 1 aromatic carbocycles. The van der Waals surface area contributed by atoms with Crippen molar-refractivity contribution in [1.29, 1.82) is 0 Å². The van der Waals surface area contributed by atoms with Gasteiger partial charge < -0.3 is 15.0 Å². The monoisotopic (exact) mass is 420 g/mol. The molecule has 3 rings (SSSR count). The number of fused-ring (bicyclic) bond motifs is 1. The number of piperidine rings is 1. The van der Waals surface area contributed by atoms with Gasteiger partial charge in [-0.15, -0.1) is 0 Å². The van der Waals surface area contributed by atoms with Gasteiger partial charge >= 0.3 is 5.97 Å². The first kappa shape index (κ1) is 21.1. The standard InChI is InChI=1S/C21H28N2O3S2/c1-15-9-11-23(12-10-15)21(27)28-14-20(25)26-13-19(24)22-18-8-4-6-16-5-2-3-7-17(16)18/h2-3,5,7,15,18H,4,6,8-14H2,1H3,(H,22,24)/t18-/m0/s1. The molecule has 1 aliphatic carbocycles. The van der Waals surface area contributed by atoms with Gasteiger partial charge in [0.15, 0.2) is 6.61 Å². The van der Waals surface area contributed by atoms with Crippen LogP contribution in [0.4, 0.5) is 0 Å². The second-order valence-corrected chi connectivity index (χ2v) is 9.21. The minimum atomic E-state index is -0.406. The van der Waals surface area contributed by atoms with Gasteiger partial charge in [-0.05, 0) is 49.1 Å². The number of carbonyl (C=O) groups is 2. The smallest absolute Gasteiger partial charge is 0.316 e. The van der Waals surface area contributed by atoms with Gasteiger partial charge in [-0.2, -0.15) is 0 Å². The summed E-state index contributed by atoms with van der Waals surface area (Å²) in [6.45, 7) is 3.91. The Morgan fingerprint density at radius 2 is 2.00 bits per heavy atom. The Bertz CT molecular complexity index is 717. The summed E-state index contributed by atoms with van der Waals surface area (Å²) in [7, 11) is 0. The first-order valence-corrected chi connectivity index (χ1v) is 11.4. The van der Waals surface area contributed by atoms with Crippen molar-refractivity contribution in [3.8, 4) is 0 Å². The fraction of sp³-hybridized carbons (Fsp3) is 0.571. The Morgan fingerprint density at radius 1 is 1.25 bits per heavy atom. The highest BCUT2D eigenvalue weighted by Gasteiger charge is 2.22. The molecule has 1 saturated heterocycles. The van der Waals surface area contributed by atoms with Crippen molar-refractivity contribution in [2.24, 2.45) is 5.92 Å². The summed E-state index contributed by atoms with van der Waals surface area (Å²) in [6, 6.07) is 8.19. The summed E-state index contributed by atoms with van der Waals surface area (Å²) in [5, 5.41) is 2.99. The van der Waals surface area contributed by atoms with Crippen LogP contribution >= 0.6 is 24.0 Å².